The zero-order valence-corrected chi connectivity index (χ0v) is 20.2. The van der Waals surface area contributed by atoms with Gasteiger partial charge >= 0.3 is 0 Å². The molecule has 174 valence electrons. The topological polar surface area (TPSA) is 75.2 Å². The zero-order chi connectivity index (χ0) is 23.3. The summed E-state index contributed by atoms with van der Waals surface area (Å²) in [7, 11) is -3.40. The monoisotopic (exact) mass is 464 g/mol. The van der Waals surface area contributed by atoms with Crippen LogP contribution in [0, 0.1) is 13.8 Å². The molecule has 0 radical (unpaired) electrons. The van der Waals surface area contributed by atoms with Gasteiger partial charge in [-0.1, -0.05) is 54.8 Å². The maximum Gasteiger partial charge on any atom is 0.243 e. The minimum absolute atomic E-state index is 0.385. The number of hydrogen-bond acceptors (Lipinski definition) is 5. The van der Waals surface area contributed by atoms with E-state index in [1.165, 1.54) is 5.56 Å². The molecule has 6 nitrogen and oxygen atoms in total. The minimum Gasteiger partial charge on any atom is -0.370 e. The van der Waals surface area contributed by atoms with Crippen LogP contribution in [-0.2, 0) is 16.4 Å². The van der Waals surface area contributed by atoms with Gasteiger partial charge in [0.05, 0.1) is 10.6 Å². The Bertz CT molecular complexity index is 1170. The number of nitrogens with zero attached hydrogens (tertiary/aromatic N) is 3. The van der Waals surface area contributed by atoms with E-state index in [0.717, 1.165) is 60.6 Å². The molecule has 1 aromatic heterocycles. The third-order valence-electron chi connectivity index (χ3n) is 6.03. The van der Waals surface area contributed by atoms with E-state index in [4.69, 9.17) is 0 Å². The summed E-state index contributed by atoms with van der Waals surface area (Å²) >= 11 is 0. The highest BCUT2D eigenvalue weighted by molar-refractivity contribution is 7.89. The van der Waals surface area contributed by atoms with Crippen LogP contribution in [0.5, 0.6) is 0 Å². The van der Waals surface area contributed by atoms with E-state index in [1.54, 1.807) is 16.4 Å². The van der Waals surface area contributed by atoms with E-state index in [-0.39, 0.29) is 0 Å². The largest absolute Gasteiger partial charge is 0.370 e. The van der Waals surface area contributed by atoms with Crippen molar-refractivity contribution < 1.29 is 8.42 Å². The Hall–Kier alpha value is -2.77. The van der Waals surface area contributed by atoms with Crippen LogP contribution >= 0.6 is 0 Å². The number of hydrogen-bond donors (Lipinski definition) is 1. The highest BCUT2D eigenvalue weighted by Gasteiger charge is 2.24. The van der Waals surface area contributed by atoms with Crippen LogP contribution in [-0.4, -0.2) is 42.3 Å². The van der Waals surface area contributed by atoms with Gasteiger partial charge in [0.2, 0.25) is 10.0 Å². The lowest BCUT2D eigenvalue weighted by Gasteiger charge is -2.20. The molecule has 2 aromatic carbocycles. The summed E-state index contributed by atoms with van der Waals surface area (Å²) in [6, 6.07) is 17.6. The van der Waals surface area contributed by atoms with Crippen LogP contribution in [0.1, 0.15) is 42.6 Å². The first kappa shape index (κ1) is 23.4. The molecule has 1 N–H and O–H groups in total. The van der Waals surface area contributed by atoms with Gasteiger partial charge in [-0.05, 0) is 50.8 Å². The smallest absolute Gasteiger partial charge is 0.243 e. The lowest BCUT2D eigenvalue weighted by Crippen LogP contribution is -2.31. The predicted molar refractivity (Wildman–Crippen MR) is 133 cm³/mol. The summed E-state index contributed by atoms with van der Waals surface area (Å²) in [5.74, 6) is 1.51. The SMILES string of the molecule is Cc1ccc(-c2cc(NCCc3ccc(S(=O)(=O)N4CCCCCC4)cc3)nc(C)n2)cc1. The predicted octanol–water partition coefficient (Wildman–Crippen LogP) is 4.98. The fourth-order valence-electron chi connectivity index (χ4n) is 4.12. The molecule has 0 amide bonds. The van der Waals surface area contributed by atoms with Crippen LogP contribution in [0.2, 0.25) is 0 Å². The van der Waals surface area contributed by atoms with E-state index < -0.39 is 10.0 Å². The van der Waals surface area contributed by atoms with Crippen LogP contribution in [0.3, 0.4) is 0 Å². The molecular weight excluding hydrogens is 432 g/mol. The normalized spacial score (nSPS) is 15.2. The molecule has 7 heteroatoms. The van der Waals surface area contributed by atoms with Crippen molar-refractivity contribution in [3.05, 3.63) is 71.5 Å². The third kappa shape index (κ3) is 5.97. The highest BCUT2D eigenvalue weighted by atomic mass is 32.2. The Balaban J connectivity index is 1.38. The first-order valence-corrected chi connectivity index (χ1v) is 13.1. The second-order valence-electron chi connectivity index (χ2n) is 8.69. The summed E-state index contributed by atoms with van der Waals surface area (Å²) in [4.78, 5) is 9.46. The van der Waals surface area contributed by atoms with Gasteiger partial charge in [-0.25, -0.2) is 18.4 Å². The quantitative estimate of drug-likeness (QED) is 0.534. The maximum atomic E-state index is 12.9. The molecule has 0 aliphatic carbocycles. The Kier molecular flexibility index (Phi) is 7.40. The average molecular weight is 465 g/mol. The summed E-state index contributed by atoms with van der Waals surface area (Å²) < 4.78 is 27.5. The van der Waals surface area contributed by atoms with Gasteiger partial charge < -0.3 is 5.32 Å². The fourth-order valence-corrected chi connectivity index (χ4v) is 5.64. The molecule has 1 fully saturated rings. The van der Waals surface area contributed by atoms with Gasteiger partial charge in [-0.2, -0.15) is 4.31 Å². The van der Waals surface area contributed by atoms with E-state index in [2.05, 4.69) is 46.5 Å². The molecule has 0 spiro atoms. The number of aromatic nitrogens is 2. The fraction of sp³-hybridized carbons (Fsp3) is 0.385. The lowest BCUT2D eigenvalue weighted by molar-refractivity contribution is 0.423. The molecule has 1 aliphatic heterocycles. The molecule has 2 heterocycles. The van der Waals surface area contributed by atoms with Crippen molar-refractivity contribution in [1.82, 2.24) is 14.3 Å². The molecule has 0 bridgehead atoms. The van der Waals surface area contributed by atoms with Gasteiger partial charge in [-0.15, -0.1) is 0 Å². The number of anilines is 1. The maximum absolute atomic E-state index is 12.9. The van der Waals surface area contributed by atoms with E-state index >= 15 is 0 Å². The lowest BCUT2D eigenvalue weighted by atomic mass is 10.1. The Morgan fingerprint density at radius 3 is 2.21 bits per heavy atom. The summed E-state index contributed by atoms with van der Waals surface area (Å²) in [5.41, 5.74) is 4.26. The standard InChI is InChI=1S/C26H32N4O2S/c1-20-7-11-23(12-8-20)25-19-26(29-21(2)28-25)27-16-15-22-9-13-24(14-10-22)33(31,32)30-17-5-3-4-6-18-30/h7-14,19H,3-6,15-18H2,1-2H3,(H,27,28,29). The first-order chi connectivity index (χ1) is 15.9. The Morgan fingerprint density at radius 2 is 1.55 bits per heavy atom. The number of sulfonamides is 1. The van der Waals surface area contributed by atoms with Gasteiger partial charge in [0.1, 0.15) is 11.6 Å². The van der Waals surface area contributed by atoms with Crippen molar-refractivity contribution in [2.45, 2.75) is 50.8 Å². The van der Waals surface area contributed by atoms with Crippen molar-refractivity contribution >= 4 is 15.8 Å². The summed E-state index contributed by atoms with van der Waals surface area (Å²) in [5, 5.41) is 3.38. The first-order valence-electron chi connectivity index (χ1n) is 11.7. The molecule has 1 saturated heterocycles. The molecule has 0 atom stereocenters. The number of nitrogens with one attached hydrogen (secondary N) is 1. The molecule has 3 aromatic rings. The Labute approximate surface area is 197 Å². The van der Waals surface area contributed by atoms with E-state index in [0.29, 0.717) is 24.5 Å². The van der Waals surface area contributed by atoms with Gasteiger partial charge in [-0.3, -0.25) is 0 Å². The van der Waals surface area contributed by atoms with Crippen molar-refractivity contribution in [2.24, 2.45) is 0 Å². The van der Waals surface area contributed by atoms with Gasteiger partial charge in [0.15, 0.2) is 0 Å². The van der Waals surface area contributed by atoms with Gasteiger partial charge in [0.25, 0.3) is 0 Å². The zero-order valence-electron chi connectivity index (χ0n) is 19.4. The number of rotatable bonds is 7. The van der Waals surface area contributed by atoms with Crippen LogP contribution in [0.25, 0.3) is 11.3 Å². The molecule has 0 saturated carbocycles. The van der Waals surface area contributed by atoms with Crippen LogP contribution < -0.4 is 5.32 Å². The van der Waals surface area contributed by atoms with Crippen molar-refractivity contribution in [3.63, 3.8) is 0 Å². The minimum atomic E-state index is -3.40. The summed E-state index contributed by atoms with van der Waals surface area (Å²) in [6.07, 6.45) is 4.87. The van der Waals surface area contributed by atoms with Crippen LogP contribution in [0.15, 0.2) is 59.5 Å². The highest BCUT2D eigenvalue weighted by Crippen LogP contribution is 2.22. The van der Waals surface area contributed by atoms with Crippen molar-refractivity contribution in [1.29, 1.82) is 0 Å². The third-order valence-corrected chi connectivity index (χ3v) is 7.94. The molecule has 1 aliphatic rings. The molecule has 33 heavy (non-hydrogen) atoms. The van der Waals surface area contributed by atoms with Crippen LogP contribution in [0.4, 0.5) is 5.82 Å². The molecule has 4 rings (SSSR count). The second-order valence-corrected chi connectivity index (χ2v) is 10.6. The van der Waals surface area contributed by atoms with Crippen molar-refractivity contribution in [3.8, 4) is 11.3 Å². The van der Waals surface area contributed by atoms with E-state index in [9.17, 15) is 8.42 Å². The average Bonchev–Trinajstić information content (AvgIpc) is 3.10. The molecular formula is C26H32N4O2S. The summed E-state index contributed by atoms with van der Waals surface area (Å²) in [6.45, 7) is 5.90. The molecule has 0 unspecified atom stereocenters. The van der Waals surface area contributed by atoms with E-state index in [1.807, 2.05) is 25.1 Å². The Morgan fingerprint density at radius 1 is 0.879 bits per heavy atom. The van der Waals surface area contributed by atoms with Gasteiger partial charge in [0, 0.05) is 31.3 Å². The van der Waals surface area contributed by atoms with Crippen molar-refractivity contribution in [2.75, 3.05) is 25.0 Å². The number of benzene rings is 2. The second kappa shape index (κ2) is 10.4. The number of aryl methyl sites for hydroxylation is 2.